The fourth-order valence-corrected chi connectivity index (χ4v) is 0.0417. The van der Waals surface area contributed by atoms with Crippen molar-refractivity contribution < 1.29 is 30.6 Å². The first kappa shape index (κ1) is 9.48. The van der Waals surface area contributed by atoms with Crippen LogP contribution in [0.1, 0.15) is 0 Å². The van der Waals surface area contributed by atoms with Crippen LogP contribution in [0.3, 0.4) is 0 Å². The number of hydrogen-bond donors (Lipinski definition) is 0. The number of hydrogen-bond acceptors (Lipinski definition) is 2. The van der Waals surface area contributed by atoms with E-state index in [1.807, 2.05) is 0 Å². The van der Waals surface area contributed by atoms with E-state index >= 15 is 0 Å². The predicted octanol–water partition coefficient (Wildman–Crippen LogP) is -0.0982. The van der Waals surface area contributed by atoms with E-state index in [1.165, 1.54) is 6.47 Å². The molecule has 0 aliphatic carbocycles. The Labute approximate surface area is 51.1 Å². The van der Waals surface area contributed by atoms with E-state index in [9.17, 15) is 0 Å². The average Bonchev–Trinajstić information content (AvgIpc) is 1.41. The molecule has 6 heavy (non-hydrogen) atoms. The van der Waals surface area contributed by atoms with Crippen LogP contribution in [0.15, 0.2) is 0 Å². The molecule has 2 nitrogen and oxygen atoms in total. The maximum absolute atomic E-state index is 9.02. The van der Waals surface area contributed by atoms with Crippen molar-refractivity contribution in [1.82, 2.24) is 0 Å². The summed E-state index contributed by atoms with van der Waals surface area (Å²) in [5.41, 5.74) is 0. The van der Waals surface area contributed by atoms with Gasteiger partial charge in [-0.2, -0.15) is 0 Å². The molecule has 0 bridgehead atoms. The van der Waals surface area contributed by atoms with Gasteiger partial charge in [-0.25, -0.2) is 0 Å². The molecule has 34 valence electrons. The van der Waals surface area contributed by atoms with E-state index in [0.29, 0.717) is 0 Å². The molecular weight excluding hydrogens is 252 g/mol. The standard InChI is InChI=1S/C3H4O2.W/c1-2-5-3-4;/h1-2H2;/q-2;+2. The van der Waals surface area contributed by atoms with Crippen LogP contribution in [0.4, 0.5) is 0 Å². The van der Waals surface area contributed by atoms with Crippen molar-refractivity contribution in [2.45, 2.75) is 0 Å². The molecule has 0 saturated heterocycles. The van der Waals surface area contributed by atoms with Gasteiger partial charge in [-0.05, 0) is 0 Å². The SMILES string of the molecule is [CH2-]CO[C-]=O.[W+2]. The summed E-state index contributed by atoms with van der Waals surface area (Å²) in [6.07, 6.45) is 0. The van der Waals surface area contributed by atoms with E-state index in [0.717, 1.165) is 0 Å². The second kappa shape index (κ2) is 8.94. The molecule has 0 heterocycles. The molecule has 0 atom stereocenters. The molecule has 3 heteroatoms. The average molecular weight is 256 g/mol. The molecule has 0 aromatic carbocycles. The Hall–Kier alpha value is 0.158. The minimum Gasteiger partial charge on any atom is -0.678 e. The van der Waals surface area contributed by atoms with Crippen molar-refractivity contribution >= 4 is 6.47 Å². The Balaban J connectivity index is 0. The van der Waals surface area contributed by atoms with Crippen LogP contribution < -0.4 is 0 Å². The third-order valence-corrected chi connectivity index (χ3v) is 0.161. The molecule has 0 aliphatic rings. The molecular formula is C3H4O2W. The first-order valence-corrected chi connectivity index (χ1v) is 1.20. The fourth-order valence-electron chi connectivity index (χ4n) is 0.0417. The van der Waals surface area contributed by atoms with Gasteiger partial charge in [-0.3, -0.25) is 0 Å². The zero-order valence-corrected chi connectivity index (χ0v) is 6.07. The summed E-state index contributed by atoms with van der Waals surface area (Å²) in [6.45, 7) is 4.57. The van der Waals surface area contributed by atoms with Gasteiger partial charge in [0, 0.05) is 0 Å². The predicted molar refractivity (Wildman–Crippen MR) is 17.0 cm³/mol. The minimum absolute atomic E-state index is 0. The molecule has 0 aliphatic heterocycles. The summed E-state index contributed by atoms with van der Waals surface area (Å²) < 4.78 is 3.92. The molecule has 0 saturated carbocycles. The van der Waals surface area contributed by atoms with Gasteiger partial charge < -0.3 is 16.5 Å². The van der Waals surface area contributed by atoms with Crippen molar-refractivity contribution in [3.05, 3.63) is 6.92 Å². The third kappa shape index (κ3) is 8.90. The Morgan fingerprint density at radius 2 is 2.33 bits per heavy atom. The van der Waals surface area contributed by atoms with Crippen LogP contribution in [0.25, 0.3) is 0 Å². The summed E-state index contributed by atoms with van der Waals surface area (Å²) in [5, 5.41) is 0. The largest absolute Gasteiger partial charge is 2.00 e. The van der Waals surface area contributed by atoms with E-state index in [4.69, 9.17) is 4.79 Å². The van der Waals surface area contributed by atoms with Gasteiger partial charge in [-0.1, -0.05) is 13.1 Å². The first-order valence-electron chi connectivity index (χ1n) is 1.20. The normalized spacial score (nSPS) is 5.50. The topological polar surface area (TPSA) is 26.3 Å². The molecule has 0 spiro atoms. The first-order chi connectivity index (χ1) is 2.41. The molecule has 0 N–H and O–H groups in total. The molecule has 0 fully saturated rings. The fraction of sp³-hybridized carbons (Fsp3) is 0.333. The van der Waals surface area contributed by atoms with Crippen molar-refractivity contribution in [1.29, 1.82) is 0 Å². The Bertz CT molecular complexity index is 30.0. The maximum atomic E-state index is 9.02. The van der Waals surface area contributed by atoms with Gasteiger partial charge in [0.15, 0.2) is 0 Å². The molecule has 0 radical (unpaired) electrons. The summed E-state index contributed by atoms with van der Waals surface area (Å²) >= 11 is 0. The summed E-state index contributed by atoms with van der Waals surface area (Å²) in [5.74, 6) is 0. The molecule has 0 rings (SSSR count). The molecule has 0 amide bonds. The molecule has 0 aromatic rings. The van der Waals surface area contributed by atoms with Gasteiger partial charge in [0.25, 0.3) is 0 Å². The quantitative estimate of drug-likeness (QED) is 0.645. The van der Waals surface area contributed by atoms with Crippen molar-refractivity contribution in [2.75, 3.05) is 6.61 Å². The van der Waals surface area contributed by atoms with Crippen LogP contribution in [0.5, 0.6) is 0 Å². The molecule has 0 aromatic heterocycles. The van der Waals surface area contributed by atoms with Crippen LogP contribution in [0, 0.1) is 6.92 Å². The Kier molecular flexibility index (Phi) is 14.1. The summed E-state index contributed by atoms with van der Waals surface area (Å²) in [6, 6.07) is 0. The zero-order valence-electron chi connectivity index (χ0n) is 3.14. The number of rotatable bonds is 2. The summed E-state index contributed by atoms with van der Waals surface area (Å²) in [7, 11) is 0. The maximum Gasteiger partial charge on any atom is 2.00 e. The smallest absolute Gasteiger partial charge is 0.678 e. The monoisotopic (exact) mass is 256 g/mol. The third-order valence-electron chi connectivity index (χ3n) is 0.161. The van der Waals surface area contributed by atoms with Crippen molar-refractivity contribution in [3.8, 4) is 0 Å². The van der Waals surface area contributed by atoms with Crippen LogP contribution in [-0.4, -0.2) is 13.1 Å². The van der Waals surface area contributed by atoms with Gasteiger partial charge in [0.2, 0.25) is 0 Å². The van der Waals surface area contributed by atoms with E-state index in [1.54, 1.807) is 0 Å². The van der Waals surface area contributed by atoms with Crippen molar-refractivity contribution in [3.63, 3.8) is 0 Å². The zero-order chi connectivity index (χ0) is 4.12. The van der Waals surface area contributed by atoms with Crippen molar-refractivity contribution in [2.24, 2.45) is 0 Å². The van der Waals surface area contributed by atoms with Crippen LogP contribution in [0.2, 0.25) is 0 Å². The number of ether oxygens (including phenoxy) is 1. The Morgan fingerprint density at radius 3 is 2.33 bits per heavy atom. The van der Waals surface area contributed by atoms with E-state index < -0.39 is 0 Å². The second-order valence-corrected chi connectivity index (χ2v) is 0.432. The van der Waals surface area contributed by atoms with E-state index in [2.05, 4.69) is 11.7 Å². The summed E-state index contributed by atoms with van der Waals surface area (Å²) in [4.78, 5) is 9.02. The number of carbonyl (C=O) groups excluding carboxylic acids is 1. The van der Waals surface area contributed by atoms with Gasteiger partial charge in [0.1, 0.15) is 0 Å². The van der Waals surface area contributed by atoms with Crippen LogP contribution in [-0.2, 0) is 30.6 Å². The van der Waals surface area contributed by atoms with Gasteiger partial charge >= 0.3 is 21.1 Å². The van der Waals surface area contributed by atoms with E-state index in [-0.39, 0.29) is 27.7 Å². The Morgan fingerprint density at radius 1 is 1.83 bits per heavy atom. The minimum atomic E-state index is 0. The van der Waals surface area contributed by atoms with Gasteiger partial charge in [-0.15, -0.1) is 0 Å². The van der Waals surface area contributed by atoms with Gasteiger partial charge in [0.05, 0.1) is 0 Å². The molecule has 0 unspecified atom stereocenters. The second-order valence-electron chi connectivity index (χ2n) is 0.432. The van der Waals surface area contributed by atoms with Crippen LogP contribution >= 0.6 is 0 Å².